The summed E-state index contributed by atoms with van der Waals surface area (Å²) >= 11 is 0.0139. The molecule has 0 spiro atoms. The molecule has 583 valence electrons. The average Bonchev–Trinajstić information content (AvgIpc) is 0.762. The molecule has 110 heavy (non-hydrogen) atoms. The van der Waals surface area contributed by atoms with Gasteiger partial charge in [-0.05, 0) is 165 Å². The van der Waals surface area contributed by atoms with Crippen LogP contribution in [0.25, 0.3) is 134 Å². The zero-order chi connectivity index (χ0) is 73.0. The molecule has 8 aromatic heterocycles. The molecule has 0 bridgehead atoms. The Balaban J connectivity index is 0.000000654. The maximum Gasteiger partial charge on any atom is 0 e. The number of halogens is 4. The smallest absolute Gasteiger partial charge is 0 e. The van der Waals surface area contributed by atoms with E-state index >= 15 is 0 Å². The van der Waals surface area contributed by atoms with Gasteiger partial charge in [-0.1, -0.05) is 163 Å². The second-order valence-electron chi connectivity index (χ2n) is 28.9. The van der Waals surface area contributed by atoms with Crippen molar-refractivity contribution >= 4 is 84.0 Å². The minimum atomic E-state index is -0.177. The van der Waals surface area contributed by atoms with Crippen LogP contribution in [0.3, 0.4) is 0 Å². The standard InChI is InChI=1S/2C42H38N4O2.CH4.4ClH.3Mn.6H2O.H2/c2*1-41(2,3)27-21-29(33-11-7-9-19-43-33)39(47)31(23-27)35-17-15-25-13-14-26-16-18-36(46-38(26)37(25)45-35)32-24-28(42(4,5)6)22-30(40(32)48)34-12-8-10-20-44-34;;;;;;;;;;;;;;;/h2*7-24,47-48H,1-6H3;1H4;4*1H;;;;6*1H2;1H/q;;;;;;;;2*+2;;;;;;;/p-4/i;;;;;;;;;;;;;;;;1+1. The molecular formula is C85H94Cl4Mn3N8O10. The Morgan fingerprint density at radius 3 is 0.564 bits per heavy atom. The molecule has 0 saturated carbocycles. The topological polar surface area (TPSA) is 373 Å². The molecule has 0 atom stereocenters. The van der Waals surface area contributed by atoms with Gasteiger partial charge in [0.05, 0.1) is 67.6 Å². The third-order valence-corrected chi connectivity index (χ3v) is 17.8. The van der Waals surface area contributed by atoms with Gasteiger partial charge >= 0.3 is 66.7 Å². The van der Waals surface area contributed by atoms with Gasteiger partial charge in [0.1, 0.15) is 23.0 Å². The van der Waals surface area contributed by atoms with Crippen molar-refractivity contribution in [3.05, 3.63) is 241 Å². The van der Waals surface area contributed by atoms with Crippen LogP contribution in [0.1, 0.15) is 114 Å². The third kappa shape index (κ3) is 21.1. The molecule has 0 unspecified atom stereocenters. The van der Waals surface area contributed by atoms with Crippen LogP contribution in [0.5, 0.6) is 23.0 Å². The number of phenols is 4. The van der Waals surface area contributed by atoms with E-state index in [4.69, 9.17) is 60.3 Å². The minimum absolute atomic E-state index is 0. The summed E-state index contributed by atoms with van der Waals surface area (Å²) in [5.41, 5.74) is 16.9. The van der Waals surface area contributed by atoms with Gasteiger partial charge in [-0.2, -0.15) is 0 Å². The number of aromatic hydroxyl groups is 4. The summed E-state index contributed by atoms with van der Waals surface area (Å²) in [4.78, 5) is 38.8. The van der Waals surface area contributed by atoms with E-state index in [1.165, 1.54) is 0 Å². The summed E-state index contributed by atoms with van der Waals surface area (Å²) in [5.74, 6) is 0.531. The molecule has 14 aromatic rings. The fraction of sp³-hybridized carbons (Fsp3) is 0.200. The Bertz CT molecular complexity index is 4760. The Kier molecular flexibility index (Phi) is 34.6. The Labute approximate surface area is 682 Å². The SMILES string of the molecule is C.CC(C)(C)c1cc(-c2ccccn2)c(O)c(-c2ccc3ccc4ccc(-c5cc(C(C)(C)C)cc(-c6ccccn6)c5O)nc4c3n2)c1.CC(C)(C)c1cc(-c2ccccn2)c(O)c(-c2ccc3ccc4ccc(-c5cc(C(C)(C)C)cc(-c6ccccn6)c5O)nc4c3n2)c1.O.O.O.O.O.O.[2HH].[Cl][Mn][Cl].[Cl][Mn][Cl].[Mn]. The van der Waals surface area contributed by atoms with Crippen LogP contribution in [0.15, 0.2) is 219 Å². The summed E-state index contributed by atoms with van der Waals surface area (Å²) in [5, 5.41) is 50.4. The zero-order valence-corrected chi connectivity index (χ0v) is 68.4. The number of rotatable bonds is 8. The fourth-order valence-corrected chi connectivity index (χ4v) is 12.1. The van der Waals surface area contributed by atoms with Crippen LogP contribution < -0.4 is 0 Å². The van der Waals surface area contributed by atoms with Crippen LogP contribution in [0, 0.1) is 0 Å². The van der Waals surface area contributed by atoms with Crippen LogP contribution in [0.4, 0.5) is 0 Å². The number of hydrogen-bond acceptors (Lipinski definition) is 12. The maximum absolute atomic E-state index is 11.7. The van der Waals surface area contributed by atoms with E-state index in [1.807, 2.05) is 194 Å². The van der Waals surface area contributed by atoms with Gasteiger partial charge in [-0.3, -0.25) is 19.9 Å². The largest absolute Gasteiger partial charge is 0 e. The molecule has 16 N–H and O–H groups in total. The molecule has 8 heterocycles. The second kappa shape index (κ2) is 39.9. The minimum Gasteiger partial charge on any atom is 0 e. The van der Waals surface area contributed by atoms with Gasteiger partial charge in [-0.15, -0.1) is 0 Å². The van der Waals surface area contributed by atoms with Crippen molar-refractivity contribution in [1.82, 2.24) is 39.9 Å². The van der Waals surface area contributed by atoms with E-state index in [9.17, 15) is 20.4 Å². The molecule has 0 fully saturated rings. The fourth-order valence-electron chi connectivity index (χ4n) is 12.1. The van der Waals surface area contributed by atoms with Crippen molar-refractivity contribution in [1.29, 1.82) is 0 Å². The van der Waals surface area contributed by atoms with Gasteiger partial charge in [-0.25, -0.2) is 19.9 Å². The van der Waals surface area contributed by atoms with Crippen molar-refractivity contribution in [3.8, 4) is 113 Å². The molecule has 0 aliphatic heterocycles. The van der Waals surface area contributed by atoms with Gasteiger partial charge in [0.15, 0.2) is 0 Å². The molecule has 14 rings (SSSR count). The molecule has 6 aromatic carbocycles. The van der Waals surface area contributed by atoms with Gasteiger partial charge < -0.3 is 53.3 Å². The third-order valence-electron chi connectivity index (χ3n) is 17.8. The molecule has 1 radical (unpaired) electrons. The van der Waals surface area contributed by atoms with Crippen molar-refractivity contribution < 1.29 is 98.0 Å². The molecule has 0 aliphatic carbocycles. The first-order valence-electron chi connectivity index (χ1n) is 32.9. The number of aromatic nitrogens is 8. The first-order valence-corrected chi connectivity index (χ1v) is 39.4. The first kappa shape index (κ1) is 95.4. The first-order chi connectivity index (χ1) is 48.6. The molecule has 25 heteroatoms. The Morgan fingerprint density at radius 2 is 0.418 bits per heavy atom. The van der Waals surface area contributed by atoms with Gasteiger partial charge in [0, 0.05) is 109 Å². The van der Waals surface area contributed by atoms with Gasteiger partial charge in [0.2, 0.25) is 0 Å². The number of pyridine rings is 8. The number of hydrogen-bond donors (Lipinski definition) is 4. The van der Waals surface area contributed by atoms with Crippen molar-refractivity contribution in [2.24, 2.45) is 0 Å². The van der Waals surface area contributed by atoms with Crippen molar-refractivity contribution in [2.45, 2.75) is 112 Å². The van der Waals surface area contributed by atoms with E-state index in [1.54, 1.807) is 24.8 Å². The zero-order valence-electron chi connectivity index (χ0n) is 61.8. The summed E-state index contributed by atoms with van der Waals surface area (Å²) in [6, 6.07) is 62.9. The monoisotopic (exact) mass is 1690 g/mol. The van der Waals surface area contributed by atoms with Crippen molar-refractivity contribution in [2.75, 3.05) is 0 Å². The Morgan fingerprint density at radius 1 is 0.264 bits per heavy atom. The van der Waals surface area contributed by atoms with Gasteiger partial charge in [0.25, 0.3) is 0 Å². The molecule has 0 amide bonds. The van der Waals surface area contributed by atoms with Crippen LogP contribution in [0.2, 0.25) is 0 Å². The van der Waals surface area contributed by atoms with E-state index in [0.29, 0.717) is 112 Å². The Hall–Kier alpha value is -8.76. The van der Waals surface area contributed by atoms with E-state index < -0.39 is 0 Å². The number of phenolic OH excluding ortho intramolecular Hbond substituents is 4. The van der Waals surface area contributed by atoms with Crippen LogP contribution in [-0.2, 0) is 65.0 Å². The van der Waals surface area contributed by atoms with E-state index in [0.717, 1.165) is 43.8 Å². The van der Waals surface area contributed by atoms with E-state index in [2.05, 4.69) is 103 Å². The van der Waals surface area contributed by atoms with E-state index in [-0.39, 0.29) is 130 Å². The second-order valence-corrected chi connectivity index (χ2v) is 32.8. The molecular weight excluding hydrogens is 1600 g/mol. The quantitative estimate of drug-likeness (QED) is 0.0815. The van der Waals surface area contributed by atoms with Crippen molar-refractivity contribution in [3.63, 3.8) is 0 Å². The van der Waals surface area contributed by atoms with Crippen LogP contribution >= 0.6 is 40.4 Å². The normalized spacial score (nSPS) is 10.9. The summed E-state index contributed by atoms with van der Waals surface area (Å²) < 4.78 is 0. The predicted molar refractivity (Wildman–Crippen MR) is 444 cm³/mol. The number of nitrogens with zero attached hydrogens (tertiary/aromatic N) is 8. The van der Waals surface area contributed by atoms with Crippen LogP contribution in [-0.4, -0.2) is 93.2 Å². The average molecular weight is 1700 g/mol. The summed E-state index contributed by atoms with van der Waals surface area (Å²) in [6.07, 6.45) is 6.93. The maximum atomic E-state index is 11.7. The summed E-state index contributed by atoms with van der Waals surface area (Å²) in [6.45, 7) is 25.9. The predicted octanol–water partition coefficient (Wildman–Crippen LogP) is 19.2. The molecule has 0 saturated heterocycles. The molecule has 0 aliphatic rings. The molecule has 18 nitrogen and oxygen atoms in total. The summed E-state index contributed by atoms with van der Waals surface area (Å²) in [7, 11) is 19.2. The number of benzene rings is 6. The number of fused-ring (bicyclic) bond motifs is 6.